The molecule has 0 radical (unpaired) electrons. The van der Waals surface area contributed by atoms with Crippen molar-refractivity contribution in [2.24, 2.45) is 11.3 Å². The molecule has 0 saturated heterocycles. The van der Waals surface area contributed by atoms with E-state index in [4.69, 9.17) is 0 Å². The van der Waals surface area contributed by atoms with Crippen molar-refractivity contribution in [1.29, 1.82) is 0 Å². The van der Waals surface area contributed by atoms with Gasteiger partial charge in [-0.2, -0.15) is 0 Å². The van der Waals surface area contributed by atoms with Gasteiger partial charge in [-0.05, 0) is 107 Å². The van der Waals surface area contributed by atoms with Gasteiger partial charge in [0.1, 0.15) is 0 Å². The van der Waals surface area contributed by atoms with Crippen LogP contribution in [0.2, 0.25) is 0 Å². The molecule has 1 unspecified atom stereocenters. The second-order valence-corrected chi connectivity index (χ2v) is 9.87. The maximum atomic E-state index is 4.34. The SMILES string of the molecule is C=C1C=C2C(=CC=C1C)c1c(C)c(C)c(C)c(C)c1C(C)(C)C(C)(C)C2C. The van der Waals surface area contributed by atoms with Crippen LogP contribution < -0.4 is 0 Å². The Morgan fingerprint density at radius 2 is 1.37 bits per heavy atom. The van der Waals surface area contributed by atoms with Gasteiger partial charge < -0.3 is 0 Å². The van der Waals surface area contributed by atoms with Crippen LogP contribution in [0.15, 0.2) is 41.5 Å². The first-order valence-electron chi connectivity index (χ1n) is 10.2. The summed E-state index contributed by atoms with van der Waals surface area (Å²) in [5, 5.41) is 0. The molecular weight excluding hydrogens is 324 g/mol. The Morgan fingerprint density at radius 1 is 0.815 bits per heavy atom. The molecule has 1 aromatic rings. The molecule has 0 aromatic heterocycles. The van der Waals surface area contributed by atoms with Gasteiger partial charge in [0.25, 0.3) is 0 Å². The second-order valence-electron chi connectivity index (χ2n) is 9.87. The second kappa shape index (κ2) is 6.09. The van der Waals surface area contributed by atoms with Crippen LogP contribution in [-0.2, 0) is 5.41 Å². The first-order chi connectivity index (χ1) is 12.3. The Bertz CT molecular complexity index is 939. The quantitative estimate of drug-likeness (QED) is 0.444. The molecule has 144 valence electrons. The zero-order valence-corrected chi connectivity index (χ0v) is 19.0. The first-order valence-corrected chi connectivity index (χ1v) is 10.2. The molecule has 0 bridgehead atoms. The number of hydrogen-bond donors (Lipinski definition) is 0. The number of hydrogen-bond acceptors (Lipinski definition) is 0. The standard InChI is InChI=1S/C27H36/c1-15-12-13-22-23(14-16(15)2)21(7)26(8,9)27(10,11)25-20(6)18(4)17(3)19(5)24(22)25/h12-14,21H,2H2,1,3-11H3. The fraction of sp³-hybridized carbons (Fsp3) is 0.481. The van der Waals surface area contributed by atoms with Gasteiger partial charge in [0, 0.05) is 0 Å². The molecule has 1 atom stereocenters. The van der Waals surface area contributed by atoms with E-state index in [1.54, 1.807) is 0 Å². The van der Waals surface area contributed by atoms with Crippen LogP contribution >= 0.6 is 0 Å². The predicted octanol–water partition coefficient (Wildman–Crippen LogP) is 7.70. The molecule has 2 aliphatic rings. The van der Waals surface area contributed by atoms with E-state index < -0.39 is 0 Å². The molecule has 0 spiro atoms. The van der Waals surface area contributed by atoms with Gasteiger partial charge in [0.2, 0.25) is 0 Å². The maximum absolute atomic E-state index is 4.34. The summed E-state index contributed by atoms with van der Waals surface area (Å²) in [4.78, 5) is 0. The average Bonchev–Trinajstić information content (AvgIpc) is 2.76. The van der Waals surface area contributed by atoms with Crippen molar-refractivity contribution < 1.29 is 0 Å². The fourth-order valence-corrected chi connectivity index (χ4v) is 5.06. The van der Waals surface area contributed by atoms with Gasteiger partial charge in [-0.25, -0.2) is 0 Å². The average molecular weight is 361 g/mol. The lowest BCUT2D eigenvalue weighted by Crippen LogP contribution is -2.41. The van der Waals surface area contributed by atoms with Crippen LogP contribution in [0.5, 0.6) is 0 Å². The van der Waals surface area contributed by atoms with E-state index in [0.29, 0.717) is 5.92 Å². The van der Waals surface area contributed by atoms with Gasteiger partial charge in [-0.3, -0.25) is 0 Å². The zero-order chi connectivity index (χ0) is 20.5. The summed E-state index contributed by atoms with van der Waals surface area (Å²) in [5.74, 6) is 0.432. The Hall–Kier alpha value is -1.82. The maximum Gasteiger partial charge on any atom is -0.00377 e. The third kappa shape index (κ3) is 2.56. The fourth-order valence-electron chi connectivity index (χ4n) is 5.06. The Labute approximate surface area is 166 Å². The molecule has 0 heteroatoms. The minimum absolute atomic E-state index is 0.0586. The van der Waals surface area contributed by atoms with Crippen LogP contribution in [0, 0.1) is 39.0 Å². The van der Waals surface area contributed by atoms with Crippen LogP contribution in [0.25, 0.3) is 5.57 Å². The molecule has 0 nitrogen and oxygen atoms in total. The molecule has 2 aliphatic carbocycles. The lowest BCUT2D eigenvalue weighted by molar-refractivity contribution is 0.140. The number of allylic oxidation sites excluding steroid dienone is 7. The monoisotopic (exact) mass is 360 g/mol. The summed E-state index contributed by atoms with van der Waals surface area (Å²) in [6.45, 7) is 27.9. The van der Waals surface area contributed by atoms with Crippen LogP contribution in [0.1, 0.15) is 74.9 Å². The molecule has 0 amide bonds. The molecule has 0 fully saturated rings. The number of rotatable bonds is 0. The summed E-state index contributed by atoms with van der Waals surface area (Å²) in [6.07, 6.45) is 6.96. The van der Waals surface area contributed by atoms with E-state index in [9.17, 15) is 0 Å². The van der Waals surface area contributed by atoms with Gasteiger partial charge in [-0.1, -0.05) is 59.4 Å². The Kier molecular flexibility index (Phi) is 4.50. The summed E-state index contributed by atoms with van der Waals surface area (Å²) in [7, 11) is 0. The van der Waals surface area contributed by atoms with Crippen molar-refractivity contribution in [3.63, 3.8) is 0 Å². The van der Waals surface area contributed by atoms with E-state index >= 15 is 0 Å². The predicted molar refractivity (Wildman–Crippen MR) is 120 cm³/mol. The lowest BCUT2D eigenvalue weighted by atomic mass is 9.57. The topological polar surface area (TPSA) is 0 Å². The summed E-state index contributed by atoms with van der Waals surface area (Å²) >= 11 is 0. The van der Waals surface area contributed by atoms with Crippen LogP contribution in [-0.4, -0.2) is 0 Å². The summed E-state index contributed by atoms with van der Waals surface area (Å²) in [5.41, 5.74) is 14.2. The Morgan fingerprint density at radius 3 is 1.96 bits per heavy atom. The Balaban J connectivity index is 2.58. The smallest absolute Gasteiger partial charge is 0.00377 e. The van der Waals surface area contributed by atoms with E-state index in [-0.39, 0.29) is 10.8 Å². The largest absolute Gasteiger partial charge is 0.0915 e. The first kappa shape index (κ1) is 19.9. The van der Waals surface area contributed by atoms with Crippen LogP contribution in [0.4, 0.5) is 0 Å². The van der Waals surface area contributed by atoms with Gasteiger partial charge in [0.15, 0.2) is 0 Å². The molecular formula is C27H36. The highest BCUT2D eigenvalue weighted by molar-refractivity contribution is 5.88. The van der Waals surface area contributed by atoms with Gasteiger partial charge >= 0.3 is 0 Å². The summed E-state index contributed by atoms with van der Waals surface area (Å²) < 4.78 is 0. The van der Waals surface area contributed by atoms with Crippen molar-refractivity contribution >= 4 is 5.57 Å². The van der Waals surface area contributed by atoms with E-state index in [1.807, 2.05) is 0 Å². The number of fused-ring (bicyclic) bond motifs is 3. The van der Waals surface area contributed by atoms with Gasteiger partial charge in [-0.15, -0.1) is 0 Å². The zero-order valence-electron chi connectivity index (χ0n) is 19.0. The van der Waals surface area contributed by atoms with E-state index in [2.05, 4.69) is 94.0 Å². The van der Waals surface area contributed by atoms with E-state index in [0.717, 1.165) is 5.57 Å². The summed E-state index contributed by atoms with van der Waals surface area (Å²) in [6, 6.07) is 0. The van der Waals surface area contributed by atoms with Crippen molar-refractivity contribution in [2.75, 3.05) is 0 Å². The lowest BCUT2D eigenvalue weighted by Gasteiger charge is -2.46. The normalized spacial score (nSPS) is 23.4. The molecule has 3 rings (SSSR count). The van der Waals surface area contributed by atoms with Crippen LogP contribution in [0.3, 0.4) is 0 Å². The molecule has 0 saturated carbocycles. The van der Waals surface area contributed by atoms with Crippen molar-refractivity contribution in [1.82, 2.24) is 0 Å². The number of benzene rings is 1. The van der Waals surface area contributed by atoms with Crippen molar-refractivity contribution in [2.45, 2.75) is 74.7 Å². The highest BCUT2D eigenvalue weighted by Gasteiger charge is 2.49. The highest BCUT2D eigenvalue weighted by Crippen LogP contribution is 2.58. The molecule has 0 aliphatic heterocycles. The molecule has 0 heterocycles. The highest BCUT2D eigenvalue weighted by atomic mass is 14.5. The molecule has 0 N–H and O–H groups in total. The van der Waals surface area contributed by atoms with Gasteiger partial charge in [0.05, 0.1) is 0 Å². The molecule has 27 heavy (non-hydrogen) atoms. The minimum atomic E-state index is 0.0586. The third-order valence-electron chi connectivity index (χ3n) is 8.39. The third-order valence-corrected chi connectivity index (χ3v) is 8.39. The minimum Gasteiger partial charge on any atom is -0.0915 e. The molecule has 1 aromatic carbocycles. The van der Waals surface area contributed by atoms with Crippen molar-refractivity contribution in [3.05, 3.63) is 74.9 Å². The van der Waals surface area contributed by atoms with Crippen molar-refractivity contribution in [3.8, 4) is 0 Å². The van der Waals surface area contributed by atoms with E-state index in [1.165, 1.54) is 50.1 Å².